The number of nitrogens with zero attached hydrogens (tertiary/aromatic N) is 2. The Morgan fingerprint density at radius 2 is 2.14 bits per heavy atom. The van der Waals surface area contributed by atoms with Gasteiger partial charge in [0.15, 0.2) is 0 Å². The molecule has 21 heavy (non-hydrogen) atoms. The molecule has 0 bridgehead atoms. The minimum Gasteiger partial charge on any atom is -0.348 e. The number of hydrogen-bond acceptors (Lipinski definition) is 3. The maximum absolute atomic E-state index is 12.3. The van der Waals surface area contributed by atoms with Crippen LogP contribution in [0.2, 0.25) is 0 Å². The SMILES string of the molecule is Cc1c(C(C)NC(=O)C(N)CC2CCCCC2)cnn1C. The van der Waals surface area contributed by atoms with Crippen molar-refractivity contribution >= 4 is 5.91 Å². The Bertz CT molecular complexity index is 477. The van der Waals surface area contributed by atoms with Crippen LogP contribution >= 0.6 is 0 Å². The summed E-state index contributed by atoms with van der Waals surface area (Å²) in [6.45, 7) is 3.99. The van der Waals surface area contributed by atoms with Crippen molar-refractivity contribution in [1.82, 2.24) is 15.1 Å². The summed E-state index contributed by atoms with van der Waals surface area (Å²) in [4.78, 5) is 12.3. The highest BCUT2D eigenvalue weighted by atomic mass is 16.2. The normalized spacial score (nSPS) is 19.2. The van der Waals surface area contributed by atoms with Gasteiger partial charge >= 0.3 is 0 Å². The first kappa shape index (κ1) is 16.0. The summed E-state index contributed by atoms with van der Waals surface area (Å²) in [6.07, 6.45) is 8.96. The molecule has 1 saturated carbocycles. The Morgan fingerprint density at radius 3 is 2.71 bits per heavy atom. The maximum Gasteiger partial charge on any atom is 0.237 e. The summed E-state index contributed by atoms with van der Waals surface area (Å²) in [6, 6.07) is -0.448. The number of aromatic nitrogens is 2. The second-order valence-electron chi connectivity index (χ2n) is 6.39. The Kier molecular flexibility index (Phi) is 5.39. The van der Waals surface area contributed by atoms with E-state index < -0.39 is 6.04 Å². The van der Waals surface area contributed by atoms with Crippen LogP contribution in [0.25, 0.3) is 0 Å². The number of carbonyl (C=O) groups excluding carboxylic acids is 1. The van der Waals surface area contributed by atoms with Gasteiger partial charge in [-0.2, -0.15) is 5.10 Å². The molecule has 0 spiro atoms. The molecule has 5 nitrogen and oxygen atoms in total. The average molecular weight is 292 g/mol. The molecule has 0 radical (unpaired) electrons. The molecule has 118 valence electrons. The number of nitrogens with two attached hydrogens (primary N) is 1. The lowest BCUT2D eigenvalue weighted by Crippen LogP contribution is -2.43. The van der Waals surface area contributed by atoms with Crippen LogP contribution in [0.3, 0.4) is 0 Å². The topological polar surface area (TPSA) is 72.9 Å². The zero-order valence-electron chi connectivity index (χ0n) is 13.4. The van der Waals surface area contributed by atoms with Crippen molar-refractivity contribution in [3.8, 4) is 0 Å². The number of amides is 1. The van der Waals surface area contributed by atoms with Gasteiger partial charge in [-0.1, -0.05) is 32.1 Å². The second kappa shape index (κ2) is 7.07. The lowest BCUT2D eigenvalue weighted by Gasteiger charge is -2.25. The standard InChI is InChI=1S/C16H28N4O/c1-11(14-10-18-20(3)12(14)2)19-16(21)15(17)9-13-7-5-4-6-8-13/h10-11,13,15H,4-9,17H2,1-3H3,(H,19,21). The van der Waals surface area contributed by atoms with Crippen molar-refractivity contribution in [2.75, 3.05) is 0 Å². The first-order chi connectivity index (χ1) is 9.99. The predicted octanol–water partition coefficient (Wildman–Crippen LogP) is 2.20. The fraction of sp³-hybridized carbons (Fsp3) is 0.750. The third-order valence-corrected chi connectivity index (χ3v) is 4.75. The van der Waals surface area contributed by atoms with Gasteiger partial charge in [0.2, 0.25) is 5.91 Å². The molecule has 1 fully saturated rings. The monoisotopic (exact) mass is 292 g/mol. The number of carbonyl (C=O) groups is 1. The van der Waals surface area contributed by atoms with Crippen LogP contribution in [-0.4, -0.2) is 21.7 Å². The largest absolute Gasteiger partial charge is 0.348 e. The molecular weight excluding hydrogens is 264 g/mol. The summed E-state index contributed by atoms with van der Waals surface area (Å²) in [5, 5.41) is 7.24. The van der Waals surface area contributed by atoms with Crippen molar-refractivity contribution in [1.29, 1.82) is 0 Å². The van der Waals surface area contributed by atoms with E-state index in [4.69, 9.17) is 5.73 Å². The van der Waals surface area contributed by atoms with E-state index in [1.807, 2.05) is 31.8 Å². The summed E-state index contributed by atoms with van der Waals surface area (Å²) < 4.78 is 1.82. The van der Waals surface area contributed by atoms with Crippen LogP contribution in [0, 0.1) is 12.8 Å². The van der Waals surface area contributed by atoms with Crippen molar-refractivity contribution in [2.45, 2.75) is 64.5 Å². The van der Waals surface area contributed by atoms with E-state index in [9.17, 15) is 4.79 Å². The average Bonchev–Trinajstić information content (AvgIpc) is 2.80. The van der Waals surface area contributed by atoms with Crippen LogP contribution in [0.1, 0.15) is 62.7 Å². The van der Waals surface area contributed by atoms with Crippen molar-refractivity contribution in [3.63, 3.8) is 0 Å². The Labute approximate surface area is 127 Å². The van der Waals surface area contributed by atoms with Crippen LogP contribution in [0.4, 0.5) is 0 Å². The highest BCUT2D eigenvalue weighted by Crippen LogP contribution is 2.27. The third-order valence-electron chi connectivity index (χ3n) is 4.75. The summed E-state index contributed by atoms with van der Waals surface area (Å²) in [5.74, 6) is 0.575. The van der Waals surface area contributed by atoms with Crippen molar-refractivity contribution in [3.05, 3.63) is 17.5 Å². The number of rotatable bonds is 5. The van der Waals surface area contributed by atoms with E-state index in [0.717, 1.165) is 17.7 Å². The molecule has 1 aliphatic carbocycles. The minimum absolute atomic E-state index is 0.0451. The van der Waals surface area contributed by atoms with E-state index in [1.54, 1.807) is 0 Å². The Balaban J connectivity index is 1.86. The molecule has 5 heteroatoms. The molecule has 0 aromatic carbocycles. The van der Waals surface area contributed by atoms with Crippen molar-refractivity contribution in [2.24, 2.45) is 18.7 Å². The van der Waals surface area contributed by atoms with Crippen LogP contribution in [0.5, 0.6) is 0 Å². The molecule has 0 saturated heterocycles. The van der Waals surface area contributed by atoms with Crippen LogP contribution in [-0.2, 0) is 11.8 Å². The van der Waals surface area contributed by atoms with Gasteiger partial charge in [-0.05, 0) is 26.2 Å². The summed E-state index contributed by atoms with van der Waals surface area (Å²) >= 11 is 0. The third kappa shape index (κ3) is 4.06. The molecule has 3 N–H and O–H groups in total. The second-order valence-corrected chi connectivity index (χ2v) is 6.39. The van der Waals surface area contributed by atoms with Gasteiger partial charge in [0.25, 0.3) is 0 Å². The van der Waals surface area contributed by atoms with Gasteiger partial charge < -0.3 is 11.1 Å². The Hall–Kier alpha value is -1.36. The number of hydrogen-bond donors (Lipinski definition) is 2. The van der Waals surface area contributed by atoms with Gasteiger partial charge in [0, 0.05) is 18.3 Å². The van der Waals surface area contributed by atoms with Gasteiger partial charge in [-0.25, -0.2) is 0 Å². The Morgan fingerprint density at radius 1 is 1.48 bits per heavy atom. The minimum atomic E-state index is -0.396. The fourth-order valence-corrected chi connectivity index (χ4v) is 3.23. The molecule has 1 aromatic rings. The molecule has 1 heterocycles. The van der Waals surface area contributed by atoms with Gasteiger partial charge in [0.05, 0.1) is 18.3 Å². The highest BCUT2D eigenvalue weighted by Gasteiger charge is 2.23. The maximum atomic E-state index is 12.3. The first-order valence-electron chi connectivity index (χ1n) is 8.03. The zero-order valence-corrected chi connectivity index (χ0v) is 13.4. The quantitative estimate of drug-likeness (QED) is 0.874. The van der Waals surface area contributed by atoms with Gasteiger partial charge in [-0.3, -0.25) is 9.48 Å². The summed E-state index contributed by atoms with van der Waals surface area (Å²) in [5.41, 5.74) is 8.21. The smallest absolute Gasteiger partial charge is 0.237 e. The first-order valence-corrected chi connectivity index (χ1v) is 8.03. The molecule has 1 aliphatic rings. The molecule has 0 aliphatic heterocycles. The molecule has 1 amide bonds. The molecule has 1 aromatic heterocycles. The van der Waals surface area contributed by atoms with Crippen molar-refractivity contribution < 1.29 is 4.79 Å². The lowest BCUT2D eigenvalue weighted by atomic mass is 9.85. The summed E-state index contributed by atoms with van der Waals surface area (Å²) in [7, 11) is 1.90. The number of nitrogens with one attached hydrogen (secondary N) is 1. The predicted molar refractivity (Wildman–Crippen MR) is 83.7 cm³/mol. The van der Waals surface area contributed by atoms with E-state index >= 15 is 0 Å². The van der Waals surface area contributed by atoms with E-state index in [0.29, 0.717) is 5.92 Å². The molecule has 2 unspecified atom stereocenters. The van der Waals surface area contributed by atoms with E-state index in [-0.39, 0.29) is 11.9 Å². The zero-order chi connectivity index (χ0) is 15.4. The lowest BCUT2D eigenvalue weighted by molar-refractivity contribution is -0.123. The fourth-order valence-electron chi connectivity index (χ4n) is 3.23. The molecule has 2 rings (SSSR count). The van der Waals surface area contributed by atoms with E-state index in [2.05, 4.69) is 10.4 Å². The molecule has 2 atom stereocenters. The van der Waals surface area contributed by atoms with E-state index in [1.165, 1.54) is 32.1 Å². The number of aryl methyl sites for hydroxylation is 1. The van der Waals surface area contributed by atoms with Crippen LogP contribution in [0.15, 0.2) is 6.20 Å². The van der Waals surface area contributed by atoms with Crippen LogP contribution < -0.4 is 11.1 Å². The molecular formula is C16H28N4O. The highest BCUT2D eigenvalue weighted by molar-refractivity contribution is 5.81. The van der Waals surface area contributed by atoms with Gasteiger partial charge in [0.1, 0.15) is 0 Å². The van der Waals surface area contributed by atoms with Gasteiger partial charge in [-0.15, -0.1) is 0 Å².